The minimum atomic E-state index is 0.568. The fourth-order valence-electron chi connectivity index (χ4n) is 2.52. The summed E-state index contributed by atoms with van der Waals surface area (Å²) in [6, 6.07) is 1.97. The van der Waals surface area contributed by atoms with Crippen LogP contribution in [0.1, 0.15) is 18.4 Å². The maximum atomic E-state index is 6.02. The first-order valence-electron chi connectivity index (χ1n) is 6.41. The summed E-state index contributed by atoms with van der Waals surface area (Å²) < 4.78 is 7.42. The van der Waals surface area contributed by atoms with Crippen LogP contribution < -0.4 is 5.73 Å². The highest BCUT2D eigenvalue weighted by Crippen LogP contribution is 2.23. The van der Waals surface area contributed by atoms with Crippen molar-refractivity contribution in [1.29, 1.82) is 0 Å². The zero-order valence-electron chi connectivity index (χ0n) is 10.6. The lowest BCUT2D eigenvalue weighted by Gasteiger charge is -2.22. The van der Waals surface area contributed by atoms with Crippen LogP contribution in [0.4, 0.5) is 5.95 Å². The molecule has 0 amide bonds. The van der Waals surface area contributed by atoms with E-state index in [0.717, 1.165) is 49.3 Å². The van der Waals surface area contributed by atoms with Gasteiger partial charge in [-0.05, 0) is 37.3 Å². The lowest BCUT2D eigenvalue weighted by atomic mass is 10.0. The number of hydrogen-bond donors (Lipinski definition) is 1. The Labute approximate surface area is 106 Å². The second-order valence-electron chi connectivity index (χ2n) is 4.94. The van der Waals surface area contributed by atoms with E-state index in [4.69, 9.17) is 10.5 Å². The largest absolute Gasteiger partial charge is 0.381 e. The number of anilines is 1. The van der Waals surface area contributed by atoms with Crippen molar-refractivity contribution in [3.63, 3.8) is 0 Å². The number of imidazole rings is 1. The van der Waals surface area contributed by atoms with Crippen LogP contribution in [0.25, 0.3) is 11.2 Å². The molecule has 0 bridgehead atoms. The number of nitrogens with zero attached hydrogens (tertiary/aromatic N) is 3. The molecule has 0 radical (unpaired) electrons. The third-order valence-electron chi connectivity index (χ3n) is 3.65. The van der Waals surface area contributed by atoms with Gasteiger partial charge in [-0.15, -0.1) is 0 Å². The first-order chi connectivity index (χ1) is 8.75. The van der Waals surface area contributed by atoms with Crippen LogP contribution in [0.2, 0.25) is 0 Å². The maximum Gasteiger partial charge on any atom is 0.202 e. The lowest BCUT2D eigenvalue weighted by Crippen LogP contribution is -2.21. The van der Waals surface area contributed by atoms with E-state index >= 15 is 0 Å². The van der Waals surface area contributed by atoms with Gasteiger partial charge in [-0.3, -0.25) is 4.57 Å². The second kappa shape index (κ2) is 4.57. The fourth-order valence-corrected chi connectivity index (χ4v) is 2.52. The Bertz CT molecular complexity index is 557. The van der Waals surface area contributed by atoms with Crippen molar-refractivity contribution in [2.24, 2.45) is 5.92 Å². The SMILES string of the molecule is Cc1ccnc2c1nc(N)n2CC1CCOCC1. The normalized spacial score (nSPS) is 17.4. The van der Waals surface area contributed by atoms with Crippen molar-refractivity contribution < 1.29 is 4.74 Å². The summed E-state index contributed by atoms with van der Waals surface area (Å²) in [6.45, 7) is 4.63. The Morgan fingerprint density at radius 2 is 2.22 bits per heavy atom. The maximum absolute atomic E-state index is 6.02. The molecule has 1 aliphatic rings. The molecule has 0 saturated carbocycles. The molecule has 2 aromatic heterocycles. The highest BCUT2D eigenvalue weighted by Gasteiger charge is 2.18. The average molecular weight is 246 g/mol. The predicted molar refractivity (Wildman–Crippen MR) is 70.2 cm³/mol. The zero-order chi connectivity index (χ0) is 12.5. The van der Waals surface area contributed by atoms with Crippen molar-refractivity contribution in [1.82, 2.24) is 14.5 Å². The van der Waals surface area contributed by atoms with E-state index < -0.39 is 0 Å². The smallest absolute Gasteiger partial charge is 0.202 e. The first kappa shape index (κ1) is 11.5. The third kappa shape index (κ3) is 1.95. The molecule has 2 aromatic rings. The van der Waals surface area contributed by atoms with E-state index in [-0.39, 0.29) is 0 Å². The van der Waals surface area contributed by atoms with Gasteiger partial charge in [0.05, 0.1) is 0 Å². The molecule has 5 heteroatoms. The number of ether oxygens (including phenoxy) is 1. The van der Waals surface area contributed by atoms with Gasteiger partial charge in [-0.2, -0.15) is 0 Å². The number of fused-ring (bicyclic) bond motifs is 1. The molecule has 0 spiro atoms. The monoisotopic (exact) mass is 246 g/mol. The van der Waals surface area contributed by atoms with Gasteiger partial charge < -0.3 is 10.5 Å². The Hall–Kier alpha value is -1.62. The predicted octanol–water partition coefficient (Wildman–Crippen LogP) is 1.75. The molecule has 2 N–H and O–H groups in total. The third-order valence-corrected chi connectivity index (χ3v) is 3.65. The number of hydrogen-bond acceptors (Lipinski definition) is 4. The Balaban J connectivity index is 1.95. The molecule has 1 saturated heterocycles. The van der Waals surface area contributed by atoms with Crippen molar-refractivity contribution in [2.45, 2.75) is 26.3 Å². The van der Waals surface area contributed by atoms with E-state index in [1.54, 1.807) is 0 Å². The van der Waals surface area contributed by atoms with E-state index in [9.17, 15) is 0 Å². The minimum absolute atomic E-state index is 0.568. The molecular formula is C13H18N4O. The molecular weight excluding hydrogens is 228 g/mol. The molecule has 5 nitrogen and oxygen atoms in total. The van der Waals surface area contributed by atoms with E-state index in [1.165, 1.54) is 0 Å². The second-order valence-corrected chi connectivity index (χ2v) is 4.94. The summed E-state index contributed by atoms with van der Waals surface area (Å²) in [5, 5.41) is 0. The molecule has 0 atom stereocenters. The topological polar surface area (TPSA) is 66.0 Å². The summed E-state index contributed by atoms with van der Waals surface area (Å²) in [4.78, 5) is 8.84. The van der Waals surface area contributed by atoms with Gasteiger partial charge in [0, 0.05) is 26.0 Å². The summed E-state index contributed by atoms with van der Waals surface area (Å²) >= 11 is 0. The lowest BCUT2D eigenvalue weighted by molar-refractivity contribution is 0.0617. The minimum Gasteiger partial charge on any atom is -0.381 e. The van der Waals surface area contributed by atoms with Crippen molar-refractivity contribution in [2.75, 3.05) is 18.9 Å². The summed E-state index contributed by atoms with van der Waals surface area (Å²) in [5.74, 6) is 1.18. The molecule has 3 rings (SSSR count). The number of nitrogens with two attached hydrogens (primary N) is 1. The van der Waals surface area contributed by atoms with Crippen LogP contribution in [-0.2, 0) is 11.3 Å². The Morgan fingerprint density at radius 1 is 1.44 bits per heavy atom. The number of rotatable bonds is 2. The number of pyridine rings is 1. The van der Waals surface area contributed by atoms with E-state index in [2.05, 4.69) is 9.97 Å². The van der Waals surface area contributed by atoms with Gasteiger partial charge in [0.2, 0.25) is 5.95 Å². The highest BCUT2D eigenvalue weighted by molar-refractivity contribution is 5.77. The van der Waals surface area contributed by atoms with Gasteiger partial charge in [0.15, 0.2) is 5.65 Å². The van der Waals surface area contributed by atoms with Crippen molar-refractivity contribution >= 4 is 17.1 Å². The van der Waals surface area contributed by atoms with Gasteiger partial charge in [0.25, 0.3) is 0 Å². The molecule has 0 unspecified atom stereocenters. The first-order valence-corrected chi connectivity index (χ1v) is 6.41. The Kier molecular flexibility index (Phi) is 2.91. The van der Waals surface area contributed by atoms with Crippen LogP contribution in [0.3, 0.4) is 0 Å². The molecule has 96 valence electrons. The fraction of sp³-hybridized carbons (Fsp3) is 0.538. The quantitative estimate of drug-likeness (QED) is 0.876. The van der Waals surface area contributed by atoms with Crippen LogP contribution in [-0.4, -0.2) is 27.7 Å². The number of aryl methyl sites for hydroxylation is 1. The molecule has 0 aromatic carbocycles. The molecule has 1 fully saturated rings. The Morgan fingerprint density at radius 3 is 3.00 bits per heavy atom. The van der Waals surface area contributed by atoms with Crippen LogP contribution >= 0.6 is 0 Å². The summed E-state index contributed by atoms with van der Waals surface area (Å²) in [5.41, 5.74) is 8.96. The molecule has 1 aliphatic heterocycles. The molecule has 0 aliphatic carbocycles. The number of aromatic nitrogens is 3. The zero-order valence-corrected chi connectivity index (χ0v) is 10.6. The van der Waals surface area contributed by atoms with Gasteiger partial charge in [-0.1, -0.05) is 0 Å². The van der Waals surface area contributed by atoms with Crippen molar-refractivity contribution in [3.05, 3.63) is 17.8 Å². The van der Waals surface area contributed by atoms with E-state index in [0.29, 0.717) is 11.9 Å². The van der Waals surface area contributed by atoms with Crippen LogP contribution in [0.5, 0.6) is 0 Å². The van der Waals surface area contributed by atoms with Crippen LogP contribution in [0.15, 0.2) is 12.3 Å². The van der Waals surface area contributed by atoms with Gasteiger partial charge in [0.1, 0.15) is 5.52 Å². The highest BCUT2D eigenvalue weighted by atomic mass is 16.5. The standard InChI is InChI=1S/C13H18N4O/c1-9-2-5-15-12-11(9)16-13(14)17(12)8-10-3-6-18-7-4-10/h2,5,10H,3-4,6-8H2,1H3,(H2,14,16). The van der Waals surface area contributed by atoms with Crippen molar-refractivity contribution in [3.8, 4) is 0 Å². The average Bonchev–Trinajstić information content (AvgIpc) is 2.70. The number of nitrogen functional groups attached to an aromatic ring is 1. The summed E-state index contributed by atoms with van der Waals surface area (Å²) in [7, 11) is 0. The molecule has 18 heavy (non-hydrogen) atoms. The van der Waals surface area contributed by atoms with Gasteiger partial charge in [-0.25, -0.2) is 9.97 Å². The van der Waals surface area contributed by atoms with Gasteiger partial charge >= 0.3 is 0 Å². The molecule has 3 heterocycles. The van der Waals surface area contributed by atoms with Crippen LogP contribution in [0, 0.1) is 12.8 Å². The summed E-state index contributed by atoms with van der Waals surface area (Å²) in [6.07, 6.45) is 4.00. The van der Waals surface area contributed by atoms with E-state index in [1.807, 2.05) is 23.8 Å².